The normalized spacial score (nSPS) is 11.4. The predicted molar refractivity (Wildman–Crippen MR) is 76.3 cm³/mol. The molecule has 0 fully saturated rings. The van der Waals surface area contributed by atoms with Gasteiger partial charge in [-0.25, -0.2) is 17.2 Å². The first-order chi connectivity index (χ1) is 9.29. The van der Waals surface area contributed by atoms with Crippen LogP contribution in [0.25, 0.3) is 0 Å². The van der Waals surface area contributed by atoms with Crippen LogP contribution in [0.2, 0.25) is 5.02 Å². The van der Waals surface area contributed by atoms with Crippen molar-refractivity contribution >= 4 is 43.2 Å². The van der Waals surface area contributed by atoms with Crippen molar-refractivity contribution in [3.8, 4) is 0 Å². The number of benzene rings is 2. The van der Waals surface area contributed by atoms with E-state index in [1.807, 2.05) is 0 Å². The van der Waals surface area contributed by atoms with Crippen molar-refractivity contribution in [2.24, 2.45) is 0 Å². The minimum Gasteiger partial charge on any atom is -0.280 e. The highest BCUT2D eigenvalue weighted by Gasteiger charge is 2.19. The third kappa shape index (κ3) is 3.28. The fraction of sp³-hybridized carbons (Fsp3) is 0. The third-order valence-electron chi connectivity index (χ3n) is 2.36. The van der Waals surface area contributed by atoms with Gasteiger partial charge in [-0.1, -0.05) is 11.6 Å². The van der Waals surface area contributed by atoms with Gasteiger partial charge in [-0.2, -0.15) is 0 Å². The Labute approximate surface area is 127 Å². The van der Waals surface area contributed by atoms with Gasteiger partial charge >= 0.3 is 0 Å². The first-order valence-electron chi connectivity index (χ1n) is 5.22. The third-order valence-corrected chi connectivity index (χ3v) is 4.98. The molecule has 0 heterocycles. The fourth-order valence-electron chi connectivity index (χ4n) is 1.46. The van der Waals surface area contributed by atoms with Crippen molar-refractivity contribution in [1.29, 1.82) is 0 Å². The average molecular weight is 383 g/mol. The summed E-state index contributed by atoms with van der Waals surface area (Å²) in [6.07, 6.45) is 0. The summed E-state index contributed by atoms with van der Waals surface area (Å²) < 4.78 is 53.0. The van der Waals surface area contributed by atoms with Crippen molar-refractivity contribution in [2.75, 3.05) is 4.72 Å². The fourth-order valence-corrected chi connectivity index (χ4v) is 3.07. The molecule has 0 unspecified atom stereocenters. The first-order valence-corrected chi connectivity index (χ1v) is 7.88. The second kappa shape index (κ2) is 5.67. The molecule has 0 saturated carbocycles. The zero-order valence-corrected chi connectivity index (χ0v) is 12.9. The summed E-state index contributed by atoms with van der Waals surface area (Å²) in [5, 5.41) is 0.404. The molecular weight excluding hydrogens is 376 g/mol. The van der Waals surface area contributed by atoms with E-state index in [4.69, 9.17) is 11.6 Å². The molecule has 0 atom stereocenters. The highest BCUT2D eigenvalue weighted by atomic mass is 79.9. The van der Waals surface area contributed by atoms with Gasteiger partial charge in [0.25, 0.3) is 10.0 Å². The molecule has 0 radical (unpaired) electrons. The Morgan fingerprint density at radius 3 is 2.40 bits per heavy atom. The van der Waals surface area contributed by atoms with E-state index in [-0.39, 0.29) is 5.69 Å². The van der Waals surface area contributed by atoms with Crippen LogP contribution in [0.4, 0.5) is 14.5 Å². The smallest absolute Gasteiger partial charge is 0.264 e. The van der Waals surface area contributed by atoms with Gasteiger partial charge < -0.3 is 0 Å². The van der Waals surface area contributed by atoms with Crippen molar-refractivity contribution in [3.63, 3.8) is 0 Å². The number of nitrogens with one attached hydrogen (secondary N) is 1. The lowest BCUT2D eigenvalue weighted by Crippen LogP contribution is -2.14. The van der Waals surface area contributed by atoms with Gasteiger partial charge in [0.15, 0.2) is 0 Å². The molecule has 0 amide bonds. The number of rotatable bonds is 3. The van der Waals surface area contributed by atoms with E-state index >= 15 is 0 Å². The maximum Gasteiger partial charge on any atom is 0.264 e. The van der Waals surface area contributed by atoms with Gasteiger partial charge in [0.2, 0.25) is 0 Å². The molecule has 2 aromatic carbocycles. The Balaban J connectivity index is 2.38. The summed E-state index contributed by atoms with van der Waals surface area (Å²) in [6.45, 7) is 0. The Kier molecular flexibility index (Phi) is 4.31. The molecule has 2 aromatic rings. The molecule has 1 N–H and O–H groups in total. The molecule has 2 rings (SSSR count). The van der Waals surface area contributed by atoms with Gasteiger partial charge in [-0.05, 0) is 46.3 Å². The Morgan fingerprint density at radius 2 is 1.80 bits per heavy atom. The van der Waals surface area contributed by atoms with Crippen LogP contribution in [0.5, 0.6) is 0 Å². The average Bonchev–Trinajstić information content (AvgIpc) is 2.33. The van der Waals surface area contributed by atoms with Crippen molar-refractivity contribution in [1.82, 2.24) is 0 Å². The zero-order chi connectivity index (χ0) is 14.9. The lowest BCUT2D eigenvalue weighted by atomic mass is 10.3. The Hall–Kier alpha value is -1.18. The van der Waals surface area contributed by atoms with Crippen molar-refractivity contribution < 1.29 is 17.2 Å². The van der Waals surface area contributed by atoms with E-state index in [0.717, 1.165) is 12.1 Å². The van der Waals surface area contributed by atoms with Gasteiger partial charge in [0.05, 0.1) is 10.7 Å². The SMILES string of the molecule is O=S(=O)(Nc1ccc(Cl)c(Br)c1)c1ccc(F)cc1F. The van der Waals surface area contributed by atoms with E-state index < -0.39 is 26.6 Å². The predicted octanol–water partition coefficient (Wildman–Crippen LogP) is 4.18. The molecule has 106 valence electrons. The monoisotopic (exact) mass is 381 g/mol. The number of hydrogen-bond donors (Lipinski definition) is 1. The molecule has 0 saturated heterocycles. The maximum atomic E-state index is 13.5. The molecule has 0 aliphatic rings. The minimum atomic E-state index is -4.15. The van der Waals surface area contributed by atoms with Crippen molar-refractivity contribution in [3.05, 3.63) is 57.5 Å². The summed E-state index contributed by atoms with van der Waals surface area (Å²) in [4.78, 5) is -0.634. The molecule has 0 bridgehead atoms. The number of hydrogen-bond acceptors (Lipinski definition) is 2. The van der Waals surface area contributed by atoms with Gasteiger partial charge in [-0.15, -0.1) is 0 Å². The maximum absolute atomic E-state index is 13.5. The molecule has 8 heteroatoms. The molecule has 20 heavy (non-hydrogen) atoms. The molecule has 0 spiro atoms. The summed E-state index contributed by atoms with van der Waals surface area (Å²) in [7, 11) is -4.15. The Morgan fingerprint density at radius 1 is 1.10 bits per heavy atom. The highest BCUT2D eigenvalue weighted by Crippen LogP contribution is 2.27. The van der Waals surface area contributed by atoms with Crippen LogP contribution in [0, 0.1) is 11.6 Å². The van der Waals surface area contributed by atoms with E-state index in [2.05, 4.69) is 20.7 Å². The lowest BCUT2D eigenvalue weighted by molar-refractivity contribution is 0.551. The summed E-state index contributed by atoms with van der Waals surface area (Å²) in [5.74, 6) is -2.01. The second-order valence-corrected chi connectivity index (χ2v) is 6.72. The zero-order valence-electron chi connectivity index (χ0n) is 9.70. The van der Waals surface area contributed by atoms with E-state index in [0.29, 0.717) is 15.6 Å². The number of sulfonamides is 1. The summed E-state index contributed by atoms with van der Waals surface area (Å²) >= 11 is 8.93. The topological polar surface area (TPSA) is 46.2 Å². The molecule has 0 aliphatic carbocycles. The molecule has 0 aliphatic heterocycles. The largest absolute Gasteiger partial charge is 0.280 e. The first kappa shape index (κ1) is 15.2. The van der Waals surface area contributed by atoms with Crippen LogP contribution >= 0.6 is 27.5 Å². The quantitative estimate of drug-likeness (QED) is 0.865. The van der Waals surface area contributed by atoms with Crippen LogP contribution in [-0.2, 0) is 10.0 Å². The summed E-state index contributed by atoms with van der Waals surface area (Å²) in [5.41, 5.74) is 0.199. The van der Waals surface area contributed by atoms with Crippen LogP contribution in [0.15, 0.2) is 45.8 Å². The number of anilines is 1. The van der Waals surface area contributed by atoms with E-state index in [1.165, 1.54) is 18.2 Å². The molecule has 3 nitrogen and oxygen atoms in total. The summed E-state index contributed by atoms with van der Waals surface area (Å²) in [6, 6.07) is 6.57. The Bertz CT molecular complexity index is 768. The second-order valence-electron chi connectivity index (χ2n) is 3.81. The minimum absolute atomic E-state index is 0.199. The number of halogens is 4. The molecular formula is C12H7BrClF2NO2S. The van der Waals surface area contributed by atoms with Gasteiger partial charge in [0.1, 0.15) is 16.5 Å². The van der Waals surface area contributed by atoms with Gasteiger partial charge in [-0.3, -0.25) is 4.72 Å². The standard InChI is InChI=1S/C12H7BrClF2NO2S/c13-9-6-8(2-3-10(9)14)17-20(18,19)12-4-1-7(15)5-11(12)16/h1-6,17H. The van der Waals surface area contributed by atoms with Crippen LogP contribution in [-0.4, -0.2) is 8.42 Å². The molecule has 0 aromatic heterocycles. The van der Waals surface area contributed by atoms with E-state index in [1.54, 1.807) is 0 Å². The van der Waals surface area contributed by atoms with Crippen LogP contribution in [0.3, 0.4) is 0 Å². The van der Waals surface area contributed by atoms with Gasteiger partial charge in [0, 0.05) is 10.5 Å². The van der Waals surface area contributed by atoms with Crippen LogP contribution in [0.1, 0.15) is 0 Å². The van der Waals surface area contributed by atoms with Crippen molar-refractivity contribution in [2.45, 2.75) is 4.90 Å². The highest BCUT2D eigenvalue weighted by molar-refractivity contribution is 9.10. The van der Waals surface area contributed by atoms with E-state index in [9.17, 15) is 17.2 Å². The van der Waals surface area contributed by atoms with Crippen LogP contribution < -0.4 is 4.72 Å². The lowest BCUT2D eigenvalue weighted by Gasteiger charge is -2.09.